The second-order valence-corrected chi connectivity index (χ2v) is 8.72. The summed E-state index contributed by atoms with van der Waals surface area (Å²) in [5.74, 6) is 0.735. The van der Waals surface area contributed by atoms with Gasteiger partial charge in [0.25, 0.3) is 0 Å². The molecule has 14 heavy (non-hydrogen) atoms. The molecule has 0 aromatic rings. The van der Waals surface area contributed by atoms with Crippen LogP contribution in [0.3, 0.4) is 0 Å². The van der Waals surface area contributed by atoms with E-state index in [2.05, 4.69) is 48.5 Å². The summed E-state index contributed by atoms with van der Waals surface area (Å²) >= 11 is 0. The fourth-order valence-electron chi connectivity index (χ4n) is 0.787. The maximum atomic E-state index is 5.86. The first kappa shape index (κ1) is 17.2. The molecule has 0 aliphatic rings. The molecule has 3 heteroatoms. The van der Waals surface area contributed by atoms with Gasteiger partial charge in [0.05, 0.1) is 0 Å². The summed E-state index contributed by atoms with van der Waals surface area (Å²) in [5.41, 5.74) is 0.320. The molecule has 0 fully saturated rings. The Morgan fingerprint density at radius 1 is 1.14 bits per heavy atom. The van der Waals surface area contributed by atoms with E-state index in [1.54, 1.807) is 0 Å². The number of hydrogen-bond acceptors (Lipinski definition) is 1. The first-order valence-corrected chi connectivity index (χ1v) is 6.51. The van der Waals surface area contributed by atoms with Crippen LogP contribution in [-0.4, -0.2) is 16.4 Å². The smallest absolute Gasteiger partial charge is 1.00 e. The molecular weight excluding hydrogens is 183 g/mol. The molecule has 82 valence electrons. The summed E-state index contributed by atoms with van der Waals surface area (Å²) in [6.07, 6.45) is 0. The van der Waals surface area contributed by atoms with E-state index in [0.29, 0.717) is 10.5 Å². The molecule has 0 aromatic heterocycles. The third-order valence-corrected chi connectivity index (χ3v) is 4.54. The van der Waals surface area contributed by atoms with Crippen LogP contribution in [0.1, 0.15) is 49.9 Å². The third kappa shape index (κ3) is 8.11. The van der Waals surface area contributed by atoms with Crippen molar-refractivity contribution >= 4 is 9.76 Å². The van der Waals surface area contributed by atoms with E-state index in [0.717, 1.165) is 12.5 Å². The summed E-state index contributed by atoms with van der Waals surface area (Å²) in [4.78, 5) is 0. The quantitative estimate of drug-likeness (QED) is 0.598. The molecule has 0 rings (SSSR count). The van der Waals surface area contributed by atoms with Gasteiger partial charge in [0.15, 0.2) is 9.76 Å². The van der Waals surface area contributed by atoms with Crippen molar-refractivity contribution < 1.29 is 24.7 Å². The van der Waals surface area contributed by atoms with Gasteiger partial charge in [-0.05, 0) is 16.4 Å². The molecule has 0 saturated carbocycles. The molecule has 0 atom stereocenters. The predicted molar refractivity (Wildman–Crippen MR) is 63.9 cm³/mol. The Hall–Kier alpha value is 0.774. The molecule has 0 unspecified atom stereocenters. The zero-order valence-corrected chi connectivity index (χ0v) is 12.8. The second kappa shape index (κ2) is 6.38. The SMILES string of the molecule is CC(C)C(C)(C)[SiH2]OCC(C)(C)C.[H-].[Li+]. The topological polar surface area (TPSA) is 9.23 Å². The average molecular weight is 210 g/mol. The summed E-state index contributed by atoms with van der Waals surface area (Å²) < 4.78 is 5.86. The van der Waals surface area contributed by atoms with Gasteiger partial charge in [0, 0.05) is 6.61 Å². The van der Waals surface area contributed by atoms with Crippen molar-refractivity contribution in [2.75, 3.05) is 6.61 Å². The van der Waals surface area contributed by atoms with Crippen molar-refractivity contribution in [3.63, 3.8) is 0 Å². The monoisotopic (exact) mass is 210 g/mol. The van der Waals surface area contributed by atoms with Crippen molar-refractivity contribution in [2.24, 2.45) is 11.3 Å². The molecule has 0 spiro atoms. The minimum absolute atomic E-state index is 0. The summed E-state index contributed by atoms with van der Waals surface area (Å²) in [7, 11) is -0.388. The fraction of sp³-hybridized carbons (Fsp3) is 1.00. The average Bonchev–Trinajstić information content (AvgIpc) is 1.82. The van der Waals surface area contributed by atoms with Crippen LogP contribution in [0.5, 0.6) is 0 Å². The summed E-state index contributed by atoms with van der Waals surface area (Å²) in [5, 5.41) is 0.436. The maximum absolute atomic E-state index is 5.86. The van der Waals surface area contributed by atoms with Gasteiger partial charge in [0.1, 0.15) is 0 Å². The molecule has 0 heterocycles. The number of rotatable bonds is 4. The Balaban J connectivity index is -0.000000720. The van der Waals surface area contributed by atoms with E-state index in [1.165, 1.54) is 0 Å². The maximum Gasteiger partial charge on any atom is 1.00 e. The van der Waals surface area contributed by atoms with Gasteiger partial charge < -0.3 is 5.85 Å². The van der Waals surface area contributed by atoms with Crippen molar-refractivity contribution in [3.05, 3.63) is 0 Å². The van der Waals surface area contributed by atoms with Crippen molar-refractivity contribution in [1.82, 2.24) is 0 Å². The molecule has 0 amide bonds. The minimum atomic E-state index is -0.388. The third-order valence-electron chi connectivity index (χ3n) is 2.57. The van der Waals surface area contributed by atoms with Crippen LogP contribution in [0, 0.1) is 11.3 Å². The van der Waals surface area contributed by atoms with Crippen LogP contribution in [0.2, 0.25) is 5.04 Å². The van der Waals surface area contributed by atoms with Gasteiger partial charge in [-0.1, -0.05) is 48.5 Å². The van der Waals surface area contributed by atoms with Crippen LogP contribution in [0.4, 0.5) is 0 Å². The standard InChI is InChI=1S/C11H26OSi.Li.H/c1-9(2)11(6,7)13-12-8-10(3,4)5;;/h9H,8,13H2,1-7H3;;/q;+1;-1. The molecule has 1 nitrogen and oxygen atoms in total. The van der Waals surface area contributed by atoms with Gasteiger partial charge in [-0.3, -0.25) is 0 Å². The Morgan fingerprint density at radius 2 is 1.57 bits per heavy atom. The van der Waals surface area contributed by atoms with Gasteiger partial charge >= 0.3 is 18.9 Å². The van der Waals surface area contributed by atoms with Crippen LogP contribution >= 0.6 is 0 Å². The zero-order valence-electron chi connectivity index (χ0n) is 12.4. The molecule has 0 N–H and O–H groups in total. The first-order chi connectivity index (χ1) is 5.65. The van der Waals surface area contributed by atoms with Gasteiger partial charge in [-0.15, -0.1) is 0 Å². The predicted octanol–water partition coefficient (Wildman–Crippen LogP) is 0.104. The van der Waals surface area contributed by atoms with E-state index in [-0.39, 0.29) is 30.1 Å². The number of hydrogen-bond donors (Lipinski definition) is 0. The Labute approximate surface area is 106 Å². The largest absolute Gasteiger partial charge is 1.00 e. The molecule has 0 radical (unpaired) electrons. The summed E-state index contributed by atoms with van der Waals surface area (Å²) in [6.45, 7) is 16.8. The Morgan fingerprint density at radius 3 is 1.86 bits per heavy atom. The normalized spacial score (nSPS) is 13.7. The fourth-order valence-corrected chi connectivity index (χ4v) is 2.36. The van der Waals surface area contributed by atoms with Gasteiger partial charge in [0.2, 0.25) is 0 Å². The van der Waals surface area contributed by atoms with Crippen LogP contribution < -0.4 is 18.9 Å². The first-order valence-electron chi connectivity index (χ1n) is 5.23. The summed E-state index contributed by atoms with van der Waals surface area (Å²) in [6, 6.07) is 0. The molecule has 0 aromatic carbocycles. The van der Waals surface area contributed by atoms with E-state index >= 15 is 0 Å². The minimum Gasteiger partial charge on any atom is -1.00 e. The molecular formula is C11H27LiOSi. The Kier molecular flexibility index (Phi) is 7.82. The van der Waals surface area contributed by atoms with Crippen molar-refractivity contribution in [1.29, 1.82) is 0 Å². The zero-order chi connectivity index (χ0) is 10.7. The second-order valence-electron chi connectivity index (χ2n) is 6.20. The Bertz CT molecular complexity index is 155. The molecule has 0 aliphatic heterocycles. The van der Waals surface area contributed by atoms with Crippen LogP contribution in [0.15, 0.2) is 0 Å². The van der Waals surface area contributed by atoms with Crippen molar-refractivity contribution in [3.8, 4) is 0 Å². The molecule has 0 aliphatic carbocycles. The van der Waals surface area contributed by atoms with E-state index in [4.69, 9.17) is 4.43 Å². The van der Waals surface area contributed by atoms with Crippen LogP contribution in [0.25, 0.3) is 0 Å². The van der Waals surface area contributed by atoms with Gasteiger partial charge in [-0.2, -0.15) is 0 Å². The van der Waals surface area contributed by atoms with E-state index in [9.17, 15) is 0 Å². The molecule has 0 saturated heterocycles. The molecule has 0 bridgehead atoms. The van der Waals surface area contributed by atoms with E-state index in [1.807, 2.05) is 0 Å². The van der Waals surface area contributed by atoms with Crippen LogP contribution in [-0.2, 0) is 4.43 Å². The van der Waals surface area contributed by atoms with E-state index < -0.39 is 0 Å². The van der Waals surface area contributed by atoms with Crippen molar-refractivity contribution in [2.45, 2.75) is 53.5 Å². The van der Waals surface area contributed by atoms with Gasteiger partial charge in [-0.25, -0.2) is 0 Å².